The Kier molecular flexibility index (Phi) is 5.03. The van der Waals surface area contributed by atoms with Crippen molar-refractivity contribution in [1.29, 1.82) is 0 Å². The second kappa shape index (κ2) is 7.66. The SMILES string of the molecule is C[C@]1(c2ccc3c(c2)OCO3)NC(=O)N(CC(=O)NCCc2ccc(F)cc2)C1=O. The lowest BCUT2D eigenvalue weighted by molar-refractivity contribution is -0.134. The van der Waals surface area contributed by atoms with E-state index in [1.165, 1.54) is 12.1 Å². The Morgan fingerprint density at radius 2 is 1.90 bits per heavy atom. The summed E-state index contributed by atoms with van der Waals surface area (Å²) in [4.78, 5) is 38.5. The van der Waals surface area contributed by atoms with Crippen molar-refractivity contribution in [3.05, 3.63) is 59.4 Å². The van der Waals surface area contributed by atoms with Crippen molar-refractivity contribution in [3.63, 3.8) is 0 Å². The minimum Gasteiger partial charge on any atom is -0.454 e. The van der Waals surface area contributed by atoms with Crippen LogP contribution in [0.15, 0.2) is 42.5 Å². The maximum absolute atomic E-state index is 13.0. The van der Waals surface area contributed by atoms with Crippen molar-refractivity contribution in [3.8, 4) is 11.5 Å². The Balaban J connectivity index is 1.37. The van der Waals surface area contributed by atoms with Gasteiger partial charge in [0.05, 0.1) is 0 Å². The summed E-state index contributed by atoms with van der Waals surface area (Å²) < 4.78 is 23.5. The van der Waals surface area contributed by atoms with Crippen LogP contribution in [0.1, 0.15) is 18.1 Å². The van der Waals surface area contributed by atoms with Crippen LogP contribution in [0.25, 0.3) is 0 Å². The van der Waals surface area contributed by atoms with Gasteiger partial charge in [0.2, 0.25) is 12.7 Å². The monoisotopic (exact) mass is 413 g/mol. The summed E-state index contributed by atoms with van der Waals surface area (Å²) >= 11 is 0. The van der Waals surface area contributed by atoms with Crippen molar-refractivity contribution in [2.75, 3.05) is 19.9 Å². The van der Waals surface area contributed by atoms with E-state index in [0.29, 0.717) is 30.0 Å². The molecule has 0 bridgehead atoms. The van der Waals surface area contributed by atoms with Gasteiger partial charge in [-0.1, -0.05) is 18.2 Å². The fourth-order valence-corrected chi connectivity index (χ4v) is 3.44. The van der Waals surface area contributed by atoms with Gasteiger partial charge in [-0.3, -0.25) is 14.5 Å². The molecule has 1 saturated heterocycles. The molecule has 8 nitrogen and oxygen atoms in total. The van der Waals surface area contributed by atoms with Crippen LogP contribution >= 0.6 is 0 Å². The fourth-order valence-electron chi connectivity index (χ4n) is 3.44. The van der Waals surface area contributed by atoms with Gasteiger partial charge in [-0.05, 0) is 48.7 Å². The first-order valence-corrected chi connectivity index (χ1v) is 9.42. The molecule has 0 aliphatic carbocycles. The Morgan fingerprint density at radius 3 is 2.67 bits per heavy atom. The second-order valence-electron chi connectivity index (χ2n) is 7.24. The lowest BCUT2D eigenvalue weighted by Crippen LogP contribution is -2.43. The molecule has 2 heterocycles. The minimum absolute atomic E-state index is 0.0972. The minimum atomic E-state index is -1.31. The third kappa shape index (κ3) is 3.66. The predicted octanol–water partition coefficient (Wildman–Crippen LogP) is 1.68. The van der Waals surface area contributed by atoms with E-state index in [9.17, 15) is 18.8 Å². The smallest absolute Gasteiger partial charge is 0.325 e. The van der Waals surface area contributed by atoms with Gasteiger partial charge in [-0.25, -0.2) is 9.18 Å². The van der Waals surface area contributed by atoms with Crippen molar-refractivity contribution in [2.45, 2.75) is 18.9 Å². The summed E-state index contributed by atoms with van der Waals surface area (Å²) in [5, 5.41) is 5.33. The number of hydrogen-bond acceptors (Lipinski definition) is 5. The van der Waals surface area contributed by atoms with Crippen LogP contribution in [0.3, 0.4) is 0 Å². The van der Waals surface area contributed by atoms with Crippen LogP contribution in [0.4, 0.5) is 9.18 Å². The lowest BCUT2D eigenvalue weighted by Gasteiger charge is -2.22. The molecule has 1 atom stereocenters. The third-order valence-corrected chi connectivity index (χ3v) is 5.18. The number of fused-ring (bicyclic) bond motifs is 1. The number of rotatable bonds is 6. The standard InChI is InChI=1S/C21H20FN3O5/c1-21(14-4-7-16-17(10-14)30-12-29-16)19(27)25(20(28)24-21)11-18(26)23-9-8-13-2-5-15(22)6-3-13/h2-7,10H,8-9,11-12H2,1H3,(H,23,26)(H,24,28)/t21-/m1/s1. The van der Waals surface area contributed by atoms with Crippen molar-refractivity contribution in [2.24, 2.45) is 0 Å². The first-order chi connectivity index (χ1) is 14.4. The highest BCUT2D eigenvalue weighted by Gasteiger charge is 2.49. The van der Waals surface area contributed by atoms with Crippen LogP contribution in [-0.4, -0.2) is 42.6 Å². The molecule has 2 aromatic rings. The molecule has 0 saturated carbocycles. The number of urea groups is 1. The molecule has 9 heteroatoms. The van der Waals surface area contributed by atoms with E-state index < -0.39 is 29.9 Å². The topological polar surface area (TPSA) is 97.0 Å². The van der Waals surface area contributed by atoms with Gasteiger partial charge in [0, 0.05) is 6.54 Å². The van der Waals surface area contributed by atoms with E-state index in [-0.39, 0.29) is 12.6 Å². The summed E-state index contributed by atoms with van der Waals surface area (Å²) in [7, 11) is 0. The highest BCUT2D eigenvalue weighted by molar-refractivity contribution is 6.09. The normalized spacial score (nSPS) is 19.7. The van der Waals surface area contributed by atoms with E-state index in [2.05, 4.69) is 10.6 Å². The summed E-state index contributed by atoms with van der Waals surface area (Å²) in [6, 6.07) is 10.3. The molecule has 156 valence electrons. The zero-order valence-electron chi connectivity index (χ0n) is 16.2. The molecule has 30 heavy (non-hydrogen) atoms. The van der Waals surface area contributed by atoms with E-state index in [1.807, 2.05) is 0 Å². The average Bonchev–Trinajstić information content (AvgIpc) is 3.28. The van der Waals surface area contributed by atoms with Crippen molar-refractivity contribution < 1.29 is 28.2 Å². The second-order valence-corrected chi connectivity index (χ2v) is 7.24. The van der Waals surface area contributed by atoms with Crippen LogP contribution in [0.2, 0.25) is 0 Å². The number of imide groups is 1. The fraction of sp³-hybridized carbons (Fsp3) is 0.286. The molecule has 4 amide bonds. The summed E-state index contributed by atoms with van der Waals surface area (Å²) in [6.45, 7) is 1.58. The van der Waals surface area contributed by atoms with Gasteiger partial charge in [0.1, 0.15) is 17.9 Å². The molecule has 0 unspecified atom stereocenters. The van der Waals surface area contributed by atoms with Crippen LogP contribution in [-0.2, 0) is 21.5 Å². The first-order valence-electron chi connectivity index (χ1n) is 9.42. The zero-order valence-corrected chi connectivity index (χ0v) is 16.2. The molecular formula is C21H20FN3O5. The Morgan fingerprint density at radius 1 is 1.17 bits per heavy atom. The number of benzene rings is 2. The first kappa shape index (κ1) is 19.7. The maximum Gasteiger partial charge on any atom is 0.325 e. The largest absolute Gasteiger partial charge is 0.454 e. The van der Waals surface area contributed by atoms with E-state index in [0.717, 1.165) is 10.5 Å². The Labute approximate surface area is 171 Å². The van der Waals surface area contributed by atoms with Crippen LogP contribution in [0.5, 0.6) is 11.5 Å². The number of carbonyl (C=O) groups excluding carboxylic acids is 3. The number of nitrogens with zero attached hydrogens (tertiary/aromatic N) is 1. The molecule has 1 fully saturated rings. The molecule has 0 radical (unpaired) electrons. The predicted molar refractivity (Wildman–Crippen MR) is 103 cm³/mol. The van der Waals surface area contributed by atoms with E-state index >= 15 is 0 Å². The molecule has 0 spiro atoms. The molecule has 2 aromatic carbocycles. The highest BCUT2D eigenvalue weighted by Crippen LogP contribution is 2.37. The lowest BCUT2D eigenvalue weighted by atomic mass is 9.91. The number of carbonyl (C=O) groups is 3. The van der Waals surface area contributed by atoms with Crippen LogP contribution < -0.4 is 20.1 Å². The Hall–Kier alpha value is -3.62. The summed E-state index contributed by atoms with van der Waals surface area (Å²) in [5.74, 6) is -0.258. The van der Waals surface area contributed by atoms with Gasteiger partial charge in [-0.15, -0.1) is 0 Å². The van der Waals surface area contributed by atoms with Gasteiger partial charge >= 0.3 is 6.03 Å². The number of hydrogen-bond donors (Lipinski definition) is 2. The number of halogens is 1. The van der Waals surface area contributed by atoms with Gasteiger partial charge in [0.25, 0.3) is 5.91 Å². The van der Waals surface area contributed by atoms with Crippen LogP contribution in [0, 0.1) is 5.82 Å². The summed E-state index contributed by atoms with van der Waals surface area (Å²) in [5.41, 5.74) is 0.0818. The summed E-state index contributed by atoms with van der Waals surface area (Å²) in [6.07, 6.45) is 0.501. The van der Waals surface area contributed by atoms with E-state index in [4.69, 9.17) is 9.47 Å². The van der Waals surface area contributed by atoms with Gasteiger partial charge in [0.15, 0.2) is 11.5 Å². The molecule has 2 N–H and O–H groups in total. The molecule has 4 rings (SSSR count). The number of amides is 4. The maximum atomic E-state index is 13.0. The quantitative estimate of drug-likeness (QED) is 0.703. The van der Waals surface area contributed by atoms with Gasteiger partial charge < -0.3 is 20.1 Å². The molecule has 2 aliphatic rings. The van der Waals surface area contributed by atoms with Crippen molar-refractivity contribution >= 4 is 17.8 Å². The number of nitrogens with one attached hydrogen (secondary N) is 2. The molecule has 2 aliphatic heterocycles. The average molecular weight is 413 g/mol. The highest BCUT2D eigenvalue weighted by atomic mass is 19.1. The zero-order chi connectivity index (χ0) is 21.3. The molecular weight excluding hydrogens is 393 g/mol. The Bertz CT molecular complexity index is 1010. The van der Waals surface area contributed by atoms with Gasteiger partial charge in [-0.2, -0.15) is 0 Å². The molecule has 0 aromatic heterocycles. The van der Waals surface area contributed by atoms with Crippen molar-refractivity contribution in [1.82, 2.24) is 15.5 Å². The number of ether oxygens (including phenoxy) is 2. The third-order valence-electron chi connectivity index (χ3n) is 5.18. The van der Waals surface area contributed by atoms with E-state index in [1.54, 1.807) is 37.3 Å².